The maximum atomic E-state index is 13.0. The number of ether oxygens (including phenoxy) is 1. The Balaban J connectivity index is 2.24. The average molecular weight is 387 g/mol. The number of nitrogens with one attached hydrogen (secondary N) is 1. The first kappa shape index (κ1) is 20.1. The molecule has 1 aliphatic rings. The highest BCUT2D eigenvalue weighted by Crippen LogP contribution is 2.32. The minimum atomic E-state index is -3.51. The van der Waals surface area contributed by atoms with Crippen LogP contribution in [0.1, 0.15) is 18.4 Å². The van der Waals surface area contributed by atoms with Crippen LogP contribution < -0.4 is 10.1 Å². The lowest BCUT2D eigenvalue weighted by atomic mass is 9.95. The summed E-state index contributed by atoms with van der Waals surface area (Å²) in [7, 11) is -0.235. The summed E-state index contributed by atoms with van der Waals surface area (Å²) in [4.78, 5) is 15.6. The third kappa shape index (κ3) is 4.12. The second-order valence-corrected chi connectivity index (χ2v) is 9.54. The van der Waals surface area contributed by atoms with Crippen LogP contribution in [-0.2, 0) is 21.2 Å². The highest BCUT2D eigenvalue weighted by Gasteiger charge is 2.49. The number of methoxy groups -OCH3 is 1. The molecule has 1 saturated heterocycles. The minimum Gasteiger partial charge on any atom is -0.496 e. The molecule has 1 N–H and O–H groups in total. The van der Waals surface area contributed by atoms with Gasteiger partial charge in [0.25, 0.3) is 0 Å². The van der Waals surface area contributed by atoms with Crippen molar-refractivity contribution in [1.82, 2.24) is 10.2 Å². The topological polar surface area (TPSA) is 75.7 Å². The van der Waals surface area contributed by atoms with Gasteiger partial charge in [0, 0.05) is 24.7 Å². The Morgan fingerprint density at radius 3 is 2.52 bits per heavy atom. The highest BCUT2D eigenvalue weighted by atomic mass is 32.2. The van der Waals surface area contributed by atoms with Crippen molar-refractivity contribution in [2.24, 2.45) is 0 Å². The van der Waals surface area contributed by atoms with E-state index in [0.717, 1.165) is 16.2 Å². The monoisotopic (exact) mass is 386 g/mol. The Morgan fingerprint density at radius 1 is 1.36 bits per heavy atom. The summed E-state index contributed by atoms with van der Waals surface area (Å²) >= 11 is 1.59. The first-order chi connectivity index (χ1) is 11.7. The zero-order valence-corrected chi connectivity index (χ0v) is 16.8. The van der Waals surface area contributed by atoms with Gasteiger partial charge in [-0.05, 0) is 49.9 Å². The molecule has 0 radical (unpaired) electrons. The predicted octanol–water partition coefficient (Wildman–Crippen LogP) is 1.54. The smallest absolute Gasteiger partial charge is 0.244 e. The Morgan fingerprint density at radius 2 is 2.00 bits per heavy atom. The highest BCUT2D eigenvalue weighted by molar-refractivity contribution is 7.98. The minimum absolute atomic E-state index is 0.309. The third-order valence-corrected chi connectivity index (χ3v) is 7.50. The number of carbonyl (C=O) groups is 1. The van der Waals surface area contributed by atoms with Crippen LogP contribution in [0.4, 0.5) is 0 Å². The van der Waals surface area contributed by atoms with Crippen molar-refractivity contribution < 1.29 is 17.9 Å². The van der Waals surface area contributed by atoms with Gasteiger partial charge in [-0.2, -0.15) is 0 Å². The van der Waals surface area contributed by atoms with Crippen LogP contribution in [0.25, 0.3) is 0 Å². The van der Waals surface area contributed by atoms with E-state index in [0.29, 0.717) is 32.5 Å². The number of benzene rings is 1. The average Bonchev–Trinajstić information content (AvgIpc) is 2.60. The fourth-order valence-electron chi connectivity index (χ4n) is 3.25. The molecular formula is C17H26N2O4S2. The zero-order valence-electron chi connectivity index (χ0n) is 15.2. The molecule has 0 bridgehead atoms. The molecule has 0 saturated carbocycles. The molecule has 1 amide bonds. The van der Waals surface area contributed by atoms with Gasteiger partial charge in [-0.15, -0.1) is 11.8 Å². The molecule has 0 aliphatic carbocycles. The van der Waals surface area contributed by atoms with Gasteiger partial charge in [-0.25, -0.2) is 8.42 Å². The molecule has 0 atom stereocenters. The predicted molar refractivity (Wildman–Crippen MR) is 101 cm³/mol. The summed E-state index contributed by atoms with van der Waals surface area (Å²) < 4.78 is 28.8. The first-order valence-corrected chi connectivity index (χ1v) is 11.2. The number of nitrogens with zero attached hydrogens (tertiary/aromatic N) is 1. The van der Waals surface area contributed by atoms with Gasteiger partial charge in [0.05, 0.1) is 7.11 Å². The van der Waals surface area contributed by atoms with E-state index >= 15 is 0 Å². The maximum Gasteiger partial charge on any atom is 0.244 e. The van der Waals surface area contributed by atoms with E-state index in [4.69, 9.17) is 4.74 Å². The number of hydrogen-bond acceptors (Lipinski definition) is 6. The van der Waals surface area contributed by atoms with Gasteiger partial charge in [-0.1, -0.05) is 6.07 Å². The molecule has 0 unspecified atom stereocenters. The van der Waals surface area contributed by atoms with Crippen LogP contribution in [0.15, 0.2) is 23.1 Å². The lowest BCUT2D eigenvalue weighted by Crippen LogP contribution is -2.57. The fourth-order valence-corrected chi connectivity index (χ4v) is 5.21. The lowest BCUT2D eigenvalue weighted by molar-refractivity contribution is -0.134. The van der Waals surface area contributed by atoms with Crippen LogP contribution in [0.5, 0.6) is 5.75 Å². The number of rotatable bonds is 6. The molecule has 1 fully saturated rings. The molecule has 2 rings (SSSR count). The van der Waals surface area contributed by atoms with Crippen molar-refractivity contribution in [3.05, 3.63) is 23.8 Å². The van der Waals surface area contributed by atoms with Crippen LogP contribution >= 0.6 is 11.8 Å². The van der Waals surface area contributed by atoms with Crippen LogP contribution in [0.3, 0.4) is 0 Å². The molecule has 1 aromatic rings. The molecule has 0 aromatic heterocycles. The summed E-state index contributed by atoms with van der Waals surface area (Å²) in [5.41, 5.74) is 0.906. The molecule has 25 heavy (non-hydrogen) atoms. The van der Waals surface area contributed by atoms with E-state index < -0.39 is 14.6 Å². The number of carbonyl (C=O) groups excluding carboxylic acids is 1. The quantitative estimate of drug-likeness (QED) is 0.748. The Kier molecular flexibility index (Phi) is 6.40. The largest absolute Gasteiger partial charge is 0.496 e. The Labute approximate surface area is 154 Å². The van der Waals surface area contributed by atoms with Crippen LogP contribution in [0, 0.1) is 0 Å². The van der Waals surface area contributed by atoms with Crippen molar-refractivity contribution in [2.75, 3.05) is 39.8 Å². The van der Waals surface area contributed by atoms with E-state index in [1.54, 1.807) is 25.9 Å². The van der Waals surface area contributed by atoms with Gasteiger partial charge in [0.1, 0.15) is 5.75 Å². The summed E-state index contributed by atoms with van der Waals surface area (Å²) in [6.45, 7) is 1.40. The molecule has 0 spiro atoms. The molecule has 1 heterocycles. The molecule has 6 nitrogen and oxygen atoms in total. The third-order valence-electron chi connectivity index (χ3n) is 4.73. The molecular weight excluding hydrogens is 360 g/mol. The second-order valence-electron chi connectivity index (χ2n) is 6.37. The van der Waals surface area contributed by atoms with E-state index in [9.17, 15) is 13.2 Å². The summed E-state index contributed by atoms with van der Waals surface area (Å²) in [5, 5.41) is 3.13. The van der Waals surface area contributed by atoms with E-state index in [1.165, 1.54) is 11.2 Å². The standard InChI is InChI=1S/C17H26N2O4S2/c1-19(12-13-5-6-15(24-3)14(11-13)23-2)16(20)17(25(4,21)22)7-9-18-10-8-17/h5-6,11,18H,7-10,12H2,1-4H3. The van der Waals surface area contributed by atoms with Crippen molar-refractivity contribution in [1.29, 1.82) is 0 Å². The number of amides is 1. The first-order valence-electron chi connectivity index (χ1n) is 8.12. The normalized spacial score (nSPS) is 17.1. The zero-order chi connectivity index (χ0) is 18.7. The lowest BCUT2D eigenvalue weighted by Gasteiger charge is -2.37. The molecule has 1 aliphatic heterocycles. The van der Waals surface area contributed by atoms with Gasteiger partial charge >= 0.3 is 0 Å². The number of sulfone groups is 1. The number of hydrogen-bond donors (Lipinski definition) is 1. The number of piperidine rings is 1. The van der Waals surface area contributed by atoms with Crippen LogP contribution in [-0.4, -0.2) is 63.7 Å². The summed E-state index contributed by atoms with van der Waals surface area (Å²) in [5.74, 6) is 0.426. The van der Waals surface area contributed by atoms with Gasteiger partial charge in [0.2, 0.25) is 5.91 Å². The van der Waals surface area contributed by atoms with Gasteiger partial charge in [0.15, 0.2) is 14.6 Å². The molecule has 1 aromatic carbocycles. The van der Waals surface area contributed by atoms with Crippen molar-refractivity contribution in [3.8, 4) is 5.75 Å². The van der Waals surface area contributed by atoms with Crippen molar-refractivity contribution >= 4 is 27.5 Å². The summed E-state index contributed by atoms with van der Waals surface area (Å²) in [6.07, 6.45) is 3.76. The van der Waals surface area contributed by atoms with Crippen molar-refractivity contribution in [3.63, 3.8) is 0 Å². The van der Waals surface area contributed by atoms with E-state index in [1.807, 2.05) is 24.5 Å². The van der Waals surface area contributed by atoms with Gasteiger partial charge in [-0.3, -0.25) is 4.79 Å². The van der Waals surface area contributed by atoms with Gasteiger partial charge < -0.3 is 15.0 Å². The maximum absolute atomic E-state index is 13.0. The van der Waals surface area contributed by atoms with E-state index in [-0.39, 0.29) is 5.91 Å². The van der Waals surface area contributed by atoms with E-state index in [2.05, 4.69) is 5.32 Å². The second kappa shape index (κ2) is 7.97. The molecule has 8 heteroatoms. The summed E-state index contributed by atoms with van der Waals surface area (Å²) in [6, 6.07) is 5.78. The number of thioether (sulfide) groups is 1. The Hall–Kier alpha value is -1.25. The molecule has 140 valence electrons. The fraction of sp³-hybridized carbons (Fsp3) is 0.588. The van der Waals surface area contributed by atoms with Crippen LogP contribution in [0.2, 0.25) is 0 Å². The Bertz CT molecular complexity index is 728. The SMILES string of the molecule is COc1cc(CN(C)C(=O)C2(S(C)(=O)=O)CCNCC2)ccc1SC. The van der Waals surface area contributed by atoms with Crippen molar-refractivity contribution in [2.45, 2.75) is 29.0 Å².